The first-order valence-corrected chi connectivity index (χ1v) is 7.79. The highest BCUT2D eigenvalue weighted by Gasteiger charge is 2.16. The highest BCUT2D eigenvalue weighted by atomic mass is 15.1. The molecule has 0 N–H and O–H groups in total. The van der Waals surface area contributed by atoms with Crippen LogP contribution in [0.25, 0.3) is 33.1 Å². The Morgan fingerprint density at radius 3 is 2.41 bits per heavy atom. The third kappa shape index (κ3) is 1.89. The third-order valence-electron chi connectivity index (χ3n) is 4.12. The van der Waals surface area contributed by atoms with Gasteiger partial charge < -0.3 is 4.57 Å². The van der Waals surface area contributed by atoms with E-state index in [0.717, 1.165) is 28.7 Å². The van der Waals surface area contributed by atoms with E-state index >= 15 is 0 Å². The number of hydrogen-bond acceptors (Lipinski definition) is 2. The molecule has 0 aliphatic heterocycles. The predicted octanol–water partition coefficient (Wildman–Crippen LogP) is 4.70. The minimum absolute atomic E-state index is 0.562. The van der Waals surface area contributed by atoms with E-state index in [9.17, 15) is 0 Å². The molecule has 0 saturated carbocycles. The number of aryl methyl sites for hydroxylation is 1. The summed E-state index contributed by atoms with van der Waals surface area (Å²) in [5, 5.41) is 1.20. The van der Waals surface area contributed by atoms with Gasteiger partial charge >= 0.3 is 0 Å². The summed E-state index contributed by atoms with van der Waals surface area (Å²) in [7, 11) is 0. The Labute approximate surface area is 129 Å². The van der Waals surface area contributed by atoms with Crippen LogP contribution in [0.1, 0.15) is 19.4 Å². The molecule has 2 aromatic carbocycles. The van der Waals surface area contributed by atoms with Gasteiger partial charge in [0.25, 0.3) is 0 Å². The molecule has 0 aliphatic rings. The van der Waals surface area contributed by atoms with Crippen molar-refractivity contribution in [2.45, 2.75) is 27.3 Å². The zero-order valence-electron chi connectivity index (χ0n) is 13.2. The largest absolute Gasteiger partial charge is 0.323 e. The van der Waals surface area contributed by atoms with E-state index in [0.29, 0.717) is 5.92 Å². The van der Waals surface area contributed by atoms with Crippen molar-refractivity contribution in [1.29, 1.82) is 0 Å². The Morgan fingerprint density at radius 1 is 0.955 bits per heavy atom. The fourth-order valence-electron chi connectivity index (χ4n) is 3.22. The summed E-state index contributed by atoms with van der Waals surface area (Å²) >= 11 is 0. The van der Waals surface area contributed by atoms with Gasteiger partial charge in [0.05, 0.1) is 16.6 Å². The van der Waals surface area contributed by atoms with Crippen LogP contribution >= 0.6 is 0 Å². The molecule has 22 heavy (non-hydrogen) atoms. The highest BCUT2D eigenvalue weighted by Crippen LogP contribution is 2.30. The molecule has 0 atom stereocenters. The summed E-state index contributed by atoms with van der Waals surface area (Å²) in [5.41, 5.74) is 6.47. The molecule has 0 fully saturated rings. The van der Waals surface area contributed by atoms with Crippen molar-refractivity contribution >= 4 is 33.1 Å². The lowest BCUT2D eigenvalue weighted by atomic mass is 10.1. The first kappa shape index (κ1) is 13.3. The number of fused-ring (bicyclic) bond motifs is 4. The highest BCUT2D eigenvalue weighted by molar-refractivity contribution is 6.07. The topological polar surface area (TPSA) is 30.7 Å². The second-order valence-electron chi connectivity index (χ2n) is 6.36. The lowest BCUT2D eigenvalue weighted by Gasteiger charge is -2.11. The van der Waals surface area contributed by atoms with Gasteiger partial charge in [0, 0.05) is 11.9 Å². The minimum atomic E-state index is 0.562. The summed E-state index contributed by atoms with van der Waals surface area (Å²) in [4.78, 5) is 9.80. The number of rotatable bonds is 2. The lowest BCUT2D eigenvalue weighted by Crippen LogP contribution is -2.05. The molecule has 0 aliphatic carbocycles. The SMILES string of the molecule is Cc1cccc2c3nc4ccccc4nc3n(CC(C)C)c12. The molecule has 0 unspecified atom stereocenters. The second-order valence-corrected chi connectivity index (χ2v) is 6.36. The average Bonchev–Trinajstić information content (AvgIpc) is 2.80. The molecule has 0 spiro atoms. The van der Waals surface area contributed by atoms with E-state index < -0.39 is 0 Å². The van der Waals surface area contributed by atoms with Crippen LogP contribution in [0.4, 0.5) is 0 Å². The van der Waals surface area contributed by atoms with E-state index in [1.807, 2.05) is 24.3 Å². The number of aromatic nitrogens is 3. The van der Waals surface area contributed by atoms with Crippen LogP contribution < -0.4 is 0 Å². The van der Waals surface area contributed by atoms with Gasteiger partial charge in [-0.1, -0.05) is 44.2 Å². The zero-order chi connectivity index (χ0) is 15.3. The van der Waals surface area contributed by atoms with E-state index in [-0.39, 0.29) is 0 Å². The van der Waals surface area contributed by atoms with Crippen molar-refractivity contribution in [3.8, 4) is 0 Å². The van der Waals surface area contributed by atoms with Gasteiger partial charge in [0.2, 0.25) is 0 Å². The van der Waals surface area contributed by atoms with Crippen LogP contribution in [0.3, 0.4) is 0 Å². The Balaban J connectivity index is 2.21. The minimum Gasteiger partial charge on any atom is -0.323 e. The Bertz CT molecular complexity index is 996. The fourth-order valence-corrected chi connectivity index (χ4v) is 3.22. The van der Waals surface area contributed by atoms with Gasteiger partial charge in [0.1, 0.15) is 5.52 Å². The van der Waals surface area contributed by atoms with Crippen molar-refractivity contribution in [2.75, 3.05) is 0 Å². The second kappa shape index (κ2) is 4.80. The molecule has 4 rings (SSSR count). The summed E-state index contributed by atoms with van der Waals surface area (Å²) in [5.74, 6) is 0.562. The van der Waals surface area contributed by atoms with Crippen molar-refractivity contribution in [3.05, 3.63) is 48.0 Å². The molecule has 2 aromatic heterocycles. The maximum atomic E-state index is 4.91. The van der Waals surface area contributed by atoms with Gasteiger partial charge in [-0.05, 0) is 30.5 Å². The fraction of sp³-hybridized carbons (Fsp3) is 0.263. The van der Waals surface area contributed by atoms with Crippen LogP contribution in [0.2, 0.25) is 0 Å². The number of nitrogens with zero attached hydrogens (tertiary/aromatic N) is 3. The van der Waals surface area contributed by atoms with Gasteiger partial charge in [0.15, 0.2) is 5.65 Å². The Kier molecular flexibility index (Phi) is 2.89. The summed E-state index contributed by atoms with van der Waals surface area (Å²) in [6, 6.07) is 14.5. The van der Waals surface area contributed by atoms with Crippen molar-refractivity contribution in [3.63, 3.8) is 0 Å². The third-order valence-corrected chi connectivity index (χ3v) is 4.12. The normalized spacial score (nSPS) is 12.0. The van der Waals surface area contributed by atoms with Crippen molar-refractivity contribution < 1.29 is 0 Å². The smallest absolute Gasteiger partial charge is 0.160 e. The van der Waals surface area contributed by atoms with E-state index in [2.05, 4.69) is 43.5 Å². The lowest BCUT2D eigenvalue weighted by molar-refractivity contribution is 0.543. The van der Waals surface area contributed by atoms with E-state index in [4.69, 9.17) is 9.97 Å². The number of para-hydroxylation sites is 3. The molecule has 4 aromatic rings. The van der Waals surface area contributed by atoms with Crippen molar-refractivity contribution in [2.24, 2.45) is 5.92 Å². The molecule has 0 radical (unpaired) electrons. The summed E-state index contributed by atoms with van der Waals surface area (Å²) in [6.45, 7) is 7.60. The van der Waals surface area contributed by atoms with Gasteiger partial charge in [-0.25, -0.2) is 9.97 Å². The van der Waals surface area contributed by atoms with Crippen LogP contribution in [-0.4, -0.2) is 14.5 Å². The molecule has 3 nitrogen and oxygen atoms in total. The Hall–Kier alpha value is -2.42. The molecule has 3 heteroatoms. The average molecular weight is 289 g/mol. The first-order chi connectivity index (χ1) is 10.6. The van der Waals surface area contributed by atoms with Crippen LogP contribution in [0, 0.1) is 12.8 Å². The summed E-state index contributed by atoms with van der Waals surface area (Å²) < 4.78 is 2.34. The maximum absolute atomic E-state index is 4.91. The molecule has 110 valence electrons. The van der Waals surface area contributed by atoms with Crippen molar-refractivity contribution in [1.82, 2.24) is 14.5 Å². The molecule has 2 heterocycles. The van der Waals surface area contributed by atoms with Gasteiger partial charge in [-0.2, -0.15) is 0 Å². The van der Waals surface area contributed by atoms with Crippen LogP contribution in [0.5, 0.6) is 0 Å². The quantitative estimate of drug-likeness (QED) is 0.535. The molecule has 0 saturated heterocycles. The molecular weight excluding hydrogens is 270 g/mol. The predicted molar refractivity (Wildman–Crippen MR) is 92.1 cm³/mol. The molecule has 0 bridgehead atoms. The van der Waals surface area contributed by atoms with Crippen LogP contribution in [-0.2, 0) is 6.54 Å². The monoisotopic (exact) mass is 289 g/mol. The van der Waals surface area contributed by atoms with Gasteiger partial charge in [-0.15, -0.1) is 0 Å². The van der Waals surface area contributed by atoms with E-state index in [1.165, 1.54) is 16.5 Å². The molecule has 0 amide bonds. The zero-order valence-corrected chi connectivity index (χ0v) is 13.2. The van der Waals surface area contributed by atoms with Gasteiger partial charge in [-0.3, -0.25) is 0 Å². The summed E-state index contributed by atoms with van der Waals surface area (Å²) in [6.07, 6.45) is 0. The maximum Gasteiger partial charge on any atom is 0.160 e. The standard InChI is InChI=1S/C19H19N3/c1-12(2)11-22-18-13(3)7-6-8-14(18)17-19(22)21-16-10-5-4-9-15(16)20-17/h4-10,12H,11H2,1-3H3. The Morgan fingerprint density at radius 2 is 1.68 bits per heavy atom. The van der Waals surface area contributed by atoms with E-state index in [1.54, 1.807) is 0 Å². The molecular formula is C19H19N3. The van der Waals surface area contributed by atoms with Crippen LogP contribution in [0.15, 0.2) is 42.5 Å². The first-order valence-electron chi connectivity index (χ1n) is 7.79. The number of benzene rings is 2. The number of hydrogen-bond donors (Lipinski definition) is 0.